The number of nitrogens with two attached hydrogens (primary N) is 1. The van der Waals surface area contributed by atoms with Gasteiger partial charge in [0.2, 0.25) is 0 Å². The fraction of sp³-hybridized carbons (Fsp3) is 0.500. The van der Waals surface area contributed by atoms with Crippen molar-refractivity contribution in [1.82, 2.24) is 14.8 Å². The van der Waals surface area contributed by atoms with Gasteiger partial charge in [-0.1, -0.05) is 26.0 Å². The molecular weight excluding hydrogens is 264 g/mol. The SMILES string of the molecule is CC(C)Cn1ncnc1COc1cccc2c1CCC2N. The number of hydrogen-bond donors (Lipinski definition) is 1. The summed E-state index contributed by atoms with van der Waals surface area (Å²) in [7, 11) is 0. The van der Waals surface area contributed by atoms with Crippen molar-refractivity contribution in [3.8, 4) is 5.75 Å². The van der Waals surface area contributed by atoms with Gasteiger partial charge in [0.25, 0.3) is 0 Å². The van der Waals surface area contributed by atoms with Crippen molar-refractivity contribution in [3.05, 3.63) is 41.5 Å². The first kappa shape index (κ1) is 14.1. The van der Waals surface area contributed by atoms with Crippen molar-refractivity contribution in [3.63, 3.8) is 0 Å². The summed E-state index contributed by atoms with van der Waals surface area (Å²) in [5.74, 6) is 2.33. The van der Waals surface area contributed by atoms with Crippen LogP contribution in [0.2, 0.25) is 0 Å². The van der Waals surface area contributed by atoms with Crippen molar-refractivity contribution in [2.24, 2.45) is 11.7 Å². The summed E-state index contributed by atoms with van der Waals surface area (Å²) < 4.78 is 7.90. The summed E-state index contributed by atoms with van der Waals surface area (Å²) in [4.78, 5) is 4.29. The summed E-state index contributed by atoms with van der Waals surface area (Å²) in [6.07, 6.45) is 3.58. The molecule has 1 aromatic carbocycles. The van der Waals surface area contributed by atoms with Crippen LogP contribution >= 0.6 is 0 Å². The maximum absolute atomic E-state index is 6.10. The minimum Gasteiger partial charge on any atom is -0.485 e. The van der Waals surface area contributed by atoms with E-state index in [2.05, 4.69) is 30.0 Å². The second kappa shape index (κ2) is 5.85. The Hall–Kier alpha value is -1.88. The van der Waals surface area contributed by atoms with Gasteiger partial charge in [0, 0.05) is 12.6 Å². The lowest BCUT2D eigenvalue weighted by Crippen LogP contribution is -2.12. The molecule has 1 aliphatic carbocycles. The molecule has 1 atom stereocenters. The molecule has 0 saturated heterocycles. The van der Waals surface area contributed by atoms with E-state index in [1.807, 2.05) is 16.8 Å². The largest absolute Gasteiger partial charge is 0.485 e. The van der Waals surface area contributed by atoms with Crippen LogP contribution in [0.15, 0.2) is 24.5 Å². The maximum Gasteiger partial charge on any atom is 0.164 e. The molecule has 2 N–H and O–H groups in total. The third-order valence-corrected chi connectivity index (χ3v) is 3.86. The molecule has 5 nitrogen and oxygen atoms in total. The molecule has 2 aromatic rings. The smallest absolute Gasteiger partial charge is 0.164 e. The molecule has 1 unspecified atom stereocenters. The van der Waals surface area contributed by atoms with Gasteiger partial charge in [-0.2, -0.15) is 5.10 Å². The average Bonchev–Trinajstić information content (AvgIpc) is 3.04. The van der Waals surface area contributed by atoms with E-state index in [0.29, 0.717) is 12.5 Å². The molecule has 0 amide bonds. The molecule has 0 fully saturated rings. The number of fused-ring (bicyclic) bond motifs is 1. The highest BCUT2D eigenvalue weighted by Crippen LogP contribution is 2.35. The molecule has 112 valence electrons. The van der Waals surface area contributed by atoms with Gasteiger partial charge in [0.05, 0.1) is 0 Å². The van der Waals surface area contributed by atoms with Gasteiger partial charge in [-0.05, 0) is 36.0 Å². The topological polar surface area (TPSA) is 66.0 Å². The van der Waals surface area contributed by atoms with E-state index in [-0.39, 0.29) is 6.04 Å². The normalized spacial score (nSPS) is 17.2. The molecule has 0 saturated carbocycles. The summed E-state index contributed by atoms with van der Waals surface area (Å²) in [6, 6.07) is 6.27. The Kier molecular flexibility index (Phi) is 3.92. The average molecular weight is 286 g/mol. The van der Waals surface area contributed by atoms with Crippen molar-refractivity contribution in [2.45, 2.75) is 45.9 Å². The second-order valence-corrected chi connectivity index (χ2v) is 6.01. The number of aromatic nitrogens is 3. The van der Waals surface area contributed by atoms with Gasteiger partial charge in [-0.3, -0.25) is 0 Å². The highest BCUT2D eigenvalue weighted by atomic mass is 16.5. The van der Waals surface area contributed by atoms with Crippen LogP contribution in [0.4, 0.5) is 0 Å². The van der Waals surface area contributed by atoms with Crippen molar-refractivity contribution in [2.75, 3.05) is 0 Å². The van der Waals surface area contributed by atoms with Crippen LogP contribution in [0.1, 0.15) is 43.3 Å². The standard InChI is InChI=1S/C16H22N4O/c1-11(2)8-20-16(18-10-19-20)9-21-15-5-3-4-12-13(15)6-7-14(12)17/h3-5,10-11,14H,6-9,17H2,1-2H3. The maximum atomic E-state index is 6.10. The third-order valence-electron chi connectivity index (χ3n) is 3.86. The van der Waals surface area contributed by atoms with Gasteiger partial charge >= 0.3 is 0 Å². The van der Waals surface area contributed by atoms with Crippen molar-refractivity contribution >= 4 is 0 Å². The Bertz CT molecular complexity index is 620. The first-order valence-electron chi connectivity index (χ1n) is 7.52. The molecule has 1 heterocycles. The molecule has 0 bridgehead atoms. The summed E-state index contributed by atoms with van der Waals surface area (Å²) in [6.45, 7) is 5.63. The predicted octanol–water partition coefficient (Wildman–Crippen LogP) is 2.46. The molecule has 1 aromatic heterocycles. The fourth-order valence-corrected chi connectivity index (χ4v) is 2.83. The van der Waals surface area contributed by atoms with E-state index >= 15 is 0 Å². The number of ether oxygens (including phenoxy) is 1. The van der Waals surface area contributed by atoms with Crippen molar-refractivity contribution < 1.29 is 4.74 Å². The number of nitrogens with zero attached hydrogens (tertiary/aromatic N) is 3. The molecule has 0 radical (unpaired) electrons. The number of benzene rings is 1. The number of hydrogen-bond acceptors (Lipinski definition) is 4. The second-order valence-electron chi connectivity index (χ2n) is 6.01. The Morgan fingerprint density at radius 1 is 1.43 bits per heavy atom. The van der Waals surface area contributed by atoms with Gasteiger partial charge in [-0.15, -0.1) is 0 Å². The zero-order chi connectivity index (χ0) is 14.8. The predicted molar refractivity (Wildman–Crippen MR) is 80.9 cm³/mol. The van der Waals surface area contributed by atoms with Crippen molar-refractivity contribution in [1.29, 1.82) is 0 Å². The molecule has 0 spiro atoms. The summed E-state index contributed by atoms with van der Waals surface area (Å²) in [5.41, 5.74) is 8.57. The molecular formula is C16H22N4O. The molecule has 0 aliphatic heterocycles. The summed E-state index contributed by atoms with van der Waals surface area (Å²) in [5, 5.41) is 4.26. The minimum atomic E-state index is 0.146. The highest BCUT2D eigenvalue weighted by Gasteiger charge is 2.22. The van der Waals surface area contributed by atoms with Gasteiger partial charge < -0.3 is 10.5 Å². The Labute approximate surface area is 125 Å². The van der Waals surface area contributed by atoms with Crippen LogP contribution in [-0.2, 0) is 19.6 Å². The van der Waals surface area contributed by atoms with Crippen LogP contribution in [0, 0.1) is 5.92 Å². The highest BCUT2D eigenvalue weighted by molar-refractivity contribution is 5.44. The molecule has 5 heteroatoms. The molecule has 1 aliphatic rings. The third kappa shape index (κ3) is 2.93. The van der Waals surface area contributed by atoms with Gasteiger partial charge in [0.15, 0.2) is 5.82 Å². The van der Waals surface area contributed by atoms with E-state index in [1.165, 1.54) is 11.1 Å². The molecule has 3 rings (SSSR count). The Morgan fingerprint density at radius 2 is 2.29 bits per heavy atom. The van der Waals surface area contributed by atoms with E-state index in [4.69, 9.17) is 10.5 Å². The van der Waals surface area contributed by atoms with E-state index in [1.54, 1.807) is 6.33 Å². The lowest BCUT2D eigenvalue weighted by Gasteiger charge is -2.12. The van der Waals surface area contributed by atoms with Crippen LogP contribution in [0.3, 0.4) is 0 Å². The van der Waals surface area contributed by atoms with E-state index in [0.717, 1.165) is 31.0 Å². The fourth-order valence-electron chi connectivity index (χ4n) is 2.83. The van der Waals surface area contributed by atoms with Crippen LogP contribution in [0.25, 0.3) is 0 Å². The Balaban J connectivity index is 1.73. The van der Waals surface area contributed by atoms with Crippen LogP contribution < -0.4 is 10.5 Å². The van der Waals surface area contributed by atoms with Gasteiger partial charge in [-0.25, -0.2) is 9.67 Å². The van der Waals surface area contributed by atoms with E-state index < -0.39 is 0 Å². The number of rotatable bonds is 5. The minimum absolute atomic E-state index is 0.146. The van der Waals surface area contributed by atoms with E-state index in [9.17, 15) is 0 Å². The quantitative estimate of drug-likeness (QED) is 0.917. The first-order valence-corrected chi connectivity index (χ1v) is 7.52. The van der Waals surface area contributed by atoms with Crippen LogP contribution in [-0.4, -0.2) is 14.8 Å². The zero-order valence-corrected chi connectivity index (χ0v) is 12.6. The molecule has 21 heavy (non-hydrogen) atoms. The first-order chi connectivity index (χ1) is 10.1. The summed E-state index contributed by atoms with van der Waals surface area (Å²) >= 11 is 0. The lowest BCUT2D eigenvalue weighted by atomic mass is 10.1. The Morgan fingerprint density at radius 3 is 3.10 bits per heavy atom. The monoisotopic (exact) mass is 286 g/mol. The lowest BCUT2D eigenvalue weighted by molar-refractivity contribution is 0.280. The van der Waals surface area contributed by atoms with Gasteiger partial charge in [0.1, 0.15) is 18.7 Å². The zero-order valence-electron chi connectivity index (χ0n) is 12.6. The van der Waals surface area contributed by atoms with Crippen LogP contribution in [0.5, 0.6) is 5.75 Å².